The second-order valence-electron chi connectivity index (χ2n) is 8.18. The highest BCUT2D eigenvalue weighted by atomic mass is 16.5. The first kappa shape index (κ1) is 14.9. The summed E-state index contributed by atoms with van der Waals surface area (Å²) in [7, 11) is 0. The Labute approximate surface area is 136 Å². The van der Waals surface area contributed by atoms with Gasteiger partial charge >= 0.3 is 5.91 Å². The summed E-state index contributed by atoms with van der Waals surface area (Å²) in [6.45, 7) is 0.545. The van der Waals surface area contributed by atoms with E-state index in [1.165, 1.54) is 4.90 Å². The van der Waals surface area contributed by atoms with Crippen LogP contribution in [0.15, 0.2) is 0 Å². The highest BCUT2D eigenvalue weighted by molar-refractivity contribution is 6.24. The Morgan fingerprint density at radius 1 is 1.35 bits per heavy atom. The molecule has 0 aromatic carbocycles. The minimum absolute atomic E-state index is 0.355. The average molecular weight is 317 g/mol. The Hall–Kier alpha value is -1.61. The van der Waals surface area contributed by atoms with E-state index in [9.17, 15) is 15.1 Å². The average Bonchev–Trinajstić information content (AvgIpc) is 2.93. The van der Waals surface area contributed by atoms with Crippen LogP contribution in [0.5, 0.6) is 0 Å². The van der Waals surface area contributed by atoms with E-state index < -0.39 is 17.2 Å². The van der Waals surface area contributed by atoms with Crippen LogP contribution in [0.25, 0.3) is 0 Å². The molecule has 0 aromatic rings. The number of amides is 1. The Balaban J connectivity index is 1.58. The molecule has 5 fully saturated rings. The molecule has 1 aliphatic heterocycles. The van der Waals surface area contributed by atoms with Gasteiger partial charge in [-0.15, -0.1) is 0 Å². The van der Waals surface area contributed by atoms with Crippen LogP contribution in [-0.2, 0) is 4.79 Å². The zero-order valence-corrected chi connectivity index (χ0v) is 13.3. The lowest BCUT2D eigenvalue weighted by molar-refractivity contribution is -0.570. The molecule has 124 valence electrons. The molecule has 23 heavy (non-hydrogen) atoms. The zero-order valence-electron chi connectivity index (χ0n) is 13.3. The number of likely N-dealkylation sites (tertiary alicyclic amines) is 1. The molecule has 6 heteroatoms. The summed E-state index contributed by atoms with van der Waals surface area (Å²) >= 11 is 0. The number of rotatable bonds is 2. The molecule has 0 radical (unpaired) electrons. The van der Waals surface area contributed by atoms with E-state index in [1.54, 1.807) is 0 Å². The third-order valence-electron chi connectivity index (χ3n) is 6.38. The molecule has 5 aliphatic rings. The largest absolute Gasteiger partial charge is 0.623 e. The standard InChI is InChI=1S/C17H23N3O3/c18-9-14-2-1-3-19(14)15(21)10-20(23)16-5-12-4-13(6-16)8-17(22,7-12)11-16/h10,12-14,22H,1-8,11H2/b20-10-/t12-,13+,14-,16?,17?/m0/s1. The first-order valence-corrected chi connectivity index (χ1v) is 8.67. The second kappa shape index (κ2) is 4.94. The van der Waals surface area contributed by atoms with Crippen LogP contribution in [0.3, 0.4) is 0 Å². The smallest absolute Gasteiger partial charge is 0.312 e. The maximum absolute atomic E-state index is 12.8. The van der Waals surface area contributed by atoms with Crippen molar-refractivity contribution < 1.29 is 14.6 Å². The van der Waals surface area contributed by atoms with Crippen molar-refractivity contribution in [1.29, 1.82) is 5.26 Å². The molecule has 5 atom stereocenters. The first-order chi connectivity index (χ1) is 10.9. The molecule has 1 saturated heterocycles. The first-order valence-electron chi connectivity index (χ1n) is 8.67. The Morgan fingerprint density at radius 3 is 2.65 bits per heavy atom. The van der Waals surface area contributed by atoms with Gasteiger partial charge < -0.3 is 15.2 Å². The van der Waals surface area contributed by atoms with Gasteiger partial charge in [-0.3, -0.25) is 4.79 Å². The molecule has 0 aromatic heterocycles. The van der Waals surface area contributed by atoms with Crippen molar-refractivity contribution in [2.75, 3.05) is 6.54 Å². The normalized spacial score (nSPS) is 45.3. The summed E-state index contributed by atoms with van der Waals surface area (Å²) in [5.74, 6) is 0.450. The fraction of sp³-hybridized carbons (Fsp3) is 0.824. The van der Waals surface area contributed by atoms with Crippen LogP contribution in [0.2, 0.25) is 0 Å². The summed E-state index contributed by atoms with van der Waals surface area (Å²) in [6, 6.07) is 1.72. The summed E-state index contributed by atoms with van der Waals surface area (Å²) in [5.41, 5.74) is -1.33. The molecule has 6 nitrogen and oxygen atoms in total. The maximum Gasteiger partial charge on any atom is 0.312 e. The van der Waals surface area contributed by atoms with Crippen LogP contribution in [0, 0.1) is 28.4 Å². The quantitative estimate of drug-likeness (QED) is 0.358. The van der Waals surface area contributed by atoms with Crippen LogP contribution in [-0.4, -0.2) is 50.6 Å². The highest BCUT2D eigenvalue weighted by Gasteiger charge is 2.61. The molecule has 5 rings (SSSR count). The lowest BCUT2D eigenvalue weighted by atomic mass is 9.51. The predicted molar refractivity (Wildman–Crippen MR) is 82.4 cm³/mol. The minimum atomic E-state index is -0.716. The number of nitrogens with zero attached hydrogens (tertiary/aromatic N) is 3. The Bertz CT molecular complexity index is 595. The van der Waals surface area contributed by atoms with E-state index in [0.29, 0.717) is 31.2 Å². The van der Waals surface area contributed by atoms with Crippen molar-refractivity contribution >= 4 is 12.1 Å². The number of hydrogen-bond acceptors (Lipinski definition) is 4. The van der Waals surface area contributed by atoms with Gasteiger partial charge in [-0.25, -0.2) is 4.74 Å². The van der Waals surface area contributed by atoms with Crippen molar-refractivity contribution in [1.82, 2.24) is 4.90 Å². The zero-order chi connectivity index (χ0) is 16.2. The molecular weight excluding hydrogens is 294 g/mol. The molecule has 0 spiro atoms. The summed E-state index contributed by atoms with van der Waals surface area (Å²) < 4.78 is 0.838. The van der Waals surface area contributed by atoms with Gasteiger partial charge in [-0.1, -0.05) is 0 Å². The van der Waals surface area contributed by atoms with Gasteiger partial charge in [0, 0.05) is 25.8 Å². The summed E-state index contributed by atoms with van der Waals surface area (Å²) in [4.78, 5) is 13.9. The van der Waals surface area contributed by atoms with E-state index in [4.69, 9.17) is 5.26 Å². The van der Waals surface area contributed by atoms with E-state index in [-0.39, 0.29) is 5.91 Å². The number of carbonyl (C=O) groups is 1. The second-order valence-corrected chi connectivity index (χ2v) is 8.18. The Kier molecular flexibility index (Phi) is 3.21. The van der Waals surface area contributed by atoms with Gasteiger partial charge in [0.05, 0.1) is 11.7 Å². The highest BCUT2D eigenvalue weighted by Crippen LogP contribution is 2.58. The number of hydroxylamine groups is 1. The van der Waals surface area contributed by atoms with Crippen LogP contribution >= 0.6 is 0 Å². The summed E-state index contributed by atoms with van der Waals surface area (Å²) in [5, 5.41) is 32.6. The molecule has 1 heterocycles. The van der Waals surface area contributed by atoms with Gasteiger partial charge in [0.25, 0.3) is 0 Å². The van der Waals surface area contributed by atoms with Crippen molar-refractivity contribution in [3.63, 3.8) is 0 Å². The maximum atomic E-state index is 12.8. The third-order valence-corrected chi connectivity index (χ3v) is 6.38. The molecule has 2 unspecified atom stereocenters. The van der Waals surface area contributed by atoms with Crippen molar-refractivity contribution in [3.05, 3.63) is 5.21 Å². The predicted octanol–water partition coefficient (Wildman–Crippen LogP) is 1.17. The monoisotopic (exact) mass is 317 g/mol. The molecule has 1 N–H and O–H groups in total. The van der Waals surface area contributed by atoms with Gasteiger partial charge in [0.2, 0.25) is 6.21 Å². The fourth-order valence-corrected chi connectivity index (χ4v) is 5.90. The number of hydrogen-bond donors (Lipinski definition) is 1. The topological polar surface area (TPSA) is 90.4 Å². The van der Waals surface area contributed by atoms with Gasteiger partial charge in [0.15, 0.2) is 5.54 Å². The van der Waals surface area contributed by atoms with Crippen LogP contribution in [0.4, 0.5) is 0 Å². The van der Waals surface area contributed by atoms with Gasteiger partial charge in [-0.2, -0.15) is 5.26 Å². The molecule has 4 saturated carbocycles. The molecule has 4 bridgehead atoms. The molecule has 1 amide bonds. The van der Waals surface area contributed by atoms with Gasteiger partial charge in [-0.05, 0) is 43.9 Å². The van der Waals surface area contributed by atoms with E-state index >= 15 is 0 Å². The minimum Gasteiger partial charge on any atom is -0.623 e. The SMILES string of the molecule is N#C[C@@H]1CCCN1C(=O)/C=[N+](\[O-])C12C[C@@H]3C[C@@H](CC(O)(C3)C1)C2. The molecular formula is C17H23N3O3. The lowest BCUT2D eigenvalue weighted by Crippen LogP contribution is -2.62. The van der Waals surface area contributed by atoms with Crippen LogP contribution in [0.1, 0.15) is 51.4 Å². The lowest BCUT2D eigenvalue weighted by Gasteiger charge is -2.57. The number of aliphatic hydroxyl groups is 1. The third kappa shape index (κ3) is 2.33. The summed E-state index contributed by atoms with van der Waals surface area (Å²) in [6.07, 6.45) is 7.38. The number of nitriles is 1. The van der Waals surface area contributed by atoms with Crippen molar-refractivity contribution in [2.24, 2.45) is 11.8 Å². The van der Waals surface area contributed by atoms with E-state index in [2.05, 4.69) is 6.07 Å². The van der Waals surface area contributed by atoms with Crippen LogP contribution < -0.4 is 0 Å². The van der Waals surface area contributed by atoms with E-state index in [0.717, 1.165) is 49.5 Å². The van der Waals surface area contributed by atoms with Crippen molar-refractivity contribution in [2.45, 2.75) is 68.5 Å². The number of carbonyl (C=O) groups excluding carboxylic acids is 1. The Morgan fingerprint density at radius 2 is 2.04 bits per heavy atom. The molecule has 4 aliphatic carbocycles. The fourth-order valence-electron chi connectivity index (χ4n) is 5.90. The van der Waals surface area contributed by atoms with E-state index in [1.807, 2.05) is 0 Å². The van der Waals surface area contributed by atoms with Crippen molar-refractivity contribution in [3.8, 4) is 6.07 Å². The van der Waals surface area contributed by atoms with Gasteiger partial charge in [0.1, 0.15) is 6.04 Å².